The van der Waals surface area contributed by atoms with Crippen molar-refractivity contribution in [3.8, 4) is 0 Å². The molecule has 102 valence electrons. The van der Waals surface area contributed by atoms with Crippen LogP contribution in [0.15, 0.2) is 12.1 Å². The average molecular weight is 285 g/mol. The summed E-state index contributed by atoms with van der Waals surface area (Å²) in [6, 6.07) is 2.65. The second-order valence-electron chi connectivity index (χ2n) is 5.59. The molecule has 0 radical (unpaired) electrons. The van der Waals surface area contributed by atoms with Crippen LogP contribution >= 0.6 is 11.6 Å². The molecule has 0 amide bonds. The molecule has 5 heteroatoms. The van der Waals surface area contributed by atoms with Gasteiger partial charge in [0.15, 0.2) is 11.6 Å². The monoisotopic (exact) mass is 284 g/mol. The fraction of sp³-hybridized carbons (Fsp3) is 0.500. The van der Waals surface area contributed by atoms with Gasteiger partial charge in [-0.3, -0.25) is 0 Å². The van der Waals surface area contributed by atoms with Gasteiger partial charge in [-0.05, 0) is 30.4 Å². The van der Waals surface area contributed by atoms with E-state index in [2.05, 4.69) is 11.9 Å². The molecule has 1 saturated carbocycles. The highest BCUT2D eigenvalue weighted by molar-refractivity contribution is 6.17. The van der Waals surface area contributed by atoms with Crippen LogP contribution in [0.3, 0.4) is 0 Å². The fourth-order valence-electron chi connectivity index (χ4n) is 2.40. The summed E-state index contributed by atoms with van der Waals surface area (Å²) in [6.45, 7) is 2.83. The largest absolute Gasteiger partial charge is 0.325 e. The molecule has 0 spiro atoms. The van der Waals surface area contributed by atoms with Gasteiger partial charge >= 0.3 is 0 Å². The first-order valence-electron chi connectivity index (χ1n) is 6.43. The average Bonchev–Trinajstić information content (AvgIpc) is 2.99. The number of benzene rings is 1. The van der Waals surface area contributed by atoms with Crippen molar-refractivity contribution in [1.82, 2.24) is 9.55 Å². The van der Waals surface area contributed by atoms with Gasteiger partial charge in [0.1, 0.15) is 11.3 Å². The van der Waals surface area contributed by atoms with Gasteiger partial charge < -0.3 is 4.57 Å². The number of halogens is 3. The van der Waals surface area contributed by atoms with Crippen molar-refractivity contribution >= 4 is 22.6 Å². The van der Waals surface area contributed by atoms with E-state index in [1.807, 2.05) is 4.57 Å². The van der Waals surface area contributed by atoms with Gasteiger partial charge in [0, 0.05) is 18.8 Å². The normalized spacial score (nSPS) is 17.1. The Bertz CT molecular complexity index is 632. The predicted molar refractivity (Wildman–Crippen MR) is 71.4 cm³/mol. The maximum absolute atomic E-state index is 14.0. The Morgan fingerprint density at radius 1 is 1.37 bits per heavy atom. The van der Waals surface area contributed by atoms with Crippen LogP contribution in [0.2, 0.25) is 0 Å². The van der Waals surface area contributed by atoms with E-state index in [1.54, 1.807) is 0 Å². The van der Waals surface area contributed by atoms with Crippen molar-refractivity contribution in [1.29, 1.82) is 0 Å². The molecule has 1 aromatic carbocycles. The minimum atomic E-state index is -0.827. The minimum Gasteiger partial charge on any atom is -0.325 e. The zero-order valence-electron chi connectivity index (χ0n) is 10.7. The first kappa shape index (κ1) is 12.9. The van der Waals surface area contributed by atoms with Gasteiger partial charge in [-0.25, -0.2) is 13.8 Å². The Balaban J connectivity index is 2.18. The molecule has 0 aliphatic heterocycles. The molecule has 2 nitrogen and oxygen atoms in total. The summed E-state index contributed by atoms with van der Waals surface area (Å²) in [7, 11) is 0. The maximum atomic E-state index is 14.0. The lowest BCUT2D eigenvalue weighted by molar-refractivity contribution is 0.453. The molecule has 0 bridgehead atoms. The Morgan fingerprint density at radius 3 is 2.74 bits per heavy atom. The number of hydrogen-bond donors (Lipinski definition) is 0. The number of imidazole rings is 1. The molecule has 0 N–H and O–H groups in total. The lowest BCUT2D eigenvalue weighted by Gasteiger charge is -2.13. The van der Waals surface area contributed by atoms with E-state index in [1.165, 1.54) is 6.07 Å². The molecule has 0 saturated heterocycles. The van der Waals surface area contributed by atoms with Crippen molar-refractivity contribution in [2.24, 2.45) is 5.41 Å². The van der Waals surface area contributed by atoms with Gasteiger partial charge in [-0.2, -0.15) is 0 Å². The lowest BCUT2D eigenvalue weighted by Crippen LogP contribution is -2.12. The van der Waals surface area contributed by atoms with E-state index in [9.17, 15) is 8.78 Å². The second kappa shape index (κ2) is 4.44. The van der Waals surface area contributed by atoms with Crippen LogP contribution < -0.4 is 0 Å². The number of alkyl halides is 1. The van der Waals surface area contributed by atoms with Gasteiger partial charge in [0.05, 0.1) is 5.52 Å². The van der Waals surface area contributed by atoms with Crippen LogP contribution in [-0.4, -0.2) is 15.4 Å². The molecule has 0 atom stereocenters. The standard InChI is InChI=1S/C14H15ClF2N2/c1-14(5-6-14)8-19-11(4-7-15)18-10-3-2-9(16)12(17)13(10)19/h2-3H,4-8H2,1H3. The highest BCUT2D eigenvalue weighted by Gasteiger charge is 2.38. The highest BCUT2D eigenvalue weighted by atomic mass is 35.5. The third-order valence-electron chi connectivity index (χ3n) is 3.84. The van der Waals surface area contributed by atoms with E-state index in [0.29, 0.717) is 24.4 Å². The summed E-state index contributed by atoms with van der Waals surface area (Å²) in [5.41, 5.74) is 0.962. The van der Waals surface area contributed by atoms with Crippen molar-refractivity contribution in [3.63, 3.8) is 0 Å². The van der Waals surface area contributed by atoms with E-state index in [-0.39, 0.29) is 10.9 Å². The van der Waals surface area contributed by atoms with E-state index < -0.39 is 11.6 Å². The Kier molecular flexibility index (Phi) is 3.01. The number of aromatic nitrogens is 2. The summed E-state index contributed by atoms with van der Waals surface area (Å²) in [6.07, 6.45) is 2.79. The predicted octanol–water partition coefficient (Wildman–Crippen LogP) is 3.90. The van der Waals surface area contributed by atoms with Crippen LogP contribution in [-0.2, 0) is 13.0 Å². The van der Waals surface area contributed by atoms with Crippen molar-refractivity contribution in [2.75, 3.05) is 5.88 Å². The lowest BCUT2D eigenvalue weighted by atomic mass is 10.1. The van der Waals surface area contributed by atoms with Crippen LogP contribution in [0.4, 0.5) is 8.78 Å². The Hall–Kier alpha value is -1.16. The number of rotatable bonds is 4. The van der Waals surface area contributed by atoms with Gasteiger partial charge in [-0.1, -0.05) is 6.92 Å². The van der Waals surface area contributed by atoms with Gasteiger partial charge in [0.2, 0.25) is 0 Å². The van der Waals surface area contributed by atoms with Crippen molar-refractivity contribution in [3.05, 3.63) is 29.6 Å². The van der Waals surface area contributed by atoms with Crippen LogP contribution in [0.25, 0.3) is 11.0 Å². The molecule has 3 rings (SSSR count). The minimum absolute atomic E-state index is 0.188. The zero-order valence-corrected chi connectivity index (χ0v) is 11.5. The Labute approximate surface area is 115 Å². The third-order valence-corrected chi connectivity index (χ3v) is 4.03. The smallest absolute Gasteiger partial charge is 0.184 e. The maximum Gasteiger partial charge on any atom is 0.184 e. The number of nitrogens with zero attached hydrogens (tertiary/aromatic N) is 2. The second-order valence-corrected chi connectivity index (χ2v) is 5.97. The summed E-state index contributed by atoms with van der Waals surface area (Å²) in [4.78, 5) is 4.39. The molecule has 19 heavy (non-hydrogen) atoms. The summed E-state index contributed by atoms with van der Waals surface area (Å²) in [5.74, 6) is -0.478. The first-order chi connectivity index (χ1) is 9.04. The zero-order chi connectivity index (χ0) is 13.6. The molecule has 1 heterocycles. The first-order valence-corrected chi connectivity index (χ1v) is 6.97. The van der Waals surface area contributed by atoms with Crippen LogP contribution in [0.1, 0.15) is 25.6 Å². The van der Waals surface area contributed by atoms with Gasteiger partial charge in [0.25, 0.3) is 0 Å². The summed E-state index contributed by atoms with van der Waals surface area (Å²) in [5, 5.41) is 0. The van der Waals surface area contributed by atoms with Crippen LogP contribution in [0, 0.1) is 17.0 Å². The SMILES string of the molecule is CC1(Cn2c(CCCl)nc3ccc(F)c(F)c32)CC1. The van der Waals surface area contributed by atoms with E-state index >= 15 is 0 Å². The Morgan fingerprint density at radius 2 is 2.11 bits per heavy atom. The topological polar surface area (TPSA) is 17.8 Å². The molecule has 0 unspecified atom stereocenters. The van der Waals surface area contributed by atoms with Crippen molar-refractivity contribution in [2.45, 2.75) is 32.7 Å². The molecule has 1 aliphatic rings. The fourth-order valence-corrected chi connectivity index (χ4v) is 2.57. The third kappa shape index (κ3) is 2.22. The summed E-state index contributed by atoms with van der Waals surface area (Å²) < 4.78 is 29.3. The molecule has 2 aromatic rings. The number of hydrogen-bond acceptors (Lipinski definition) is 1. The molecule has 1 fully saturated rings. The quantitative estimate of drug-likeness (QED) is 0.779. The molecule has 1 aromatic heterocycles. The van der Waals surface area contributed by atoms with Crippen molar-refractivity contribution < 1.29 is 8.78 Å². The number of fused-ring (bicyclic) bond motifs is 1. The molecular weight excluding hydrogens is 270 g/mol. The summed E-state index contributed by atoms with van der Waals surface area (Å²) >= 11 is 5.77. The van der Waals surface area contributed by atoms with E-state index in [4.69, 9.17) is 11.6 Å². The van der Waals surface area contributed by atoms with Gasteiger partial charge in [-0.15, -0.1) is 11.6 Å². The van der Waals surface area contributed by atoms with Crippen LogP contribution in [0.5, 0.6) is 0 Å². The molecular formula is C14H15ClF2N2. The highest BCUT2D eigenvalue weighted by Crippen LogP contribution is 2.47. The molecule has 1 aliphatic carbocycles. The van der Waals surface area contributed by atoms with E-state index in [0.717, 1.165) is 24.7 Å². The number of aryl methyl sites for hydroxylation is 1.